The van der Waals surface area contributed by atoms with E-state index in [2.05, 4.69) is 5.10 Å². The number of aryl methyl sites for hydroxylation is 1. The normalized spacial score (nSPS) is 18.1. The minimum atomic E-state index is -0.466. The molecule has 1 aromatic heterocycles. The summed E-state index contributed by atoms with van der Waals surface area (Å²) < 4.78 is 28.9. The van der Waals surface area contributed by atoms with Gasteiger partial charge in [0.25, 0.3) is 0 Å². The summed E-state index contributed by atoms with van der Waals surface area (Å²) in [5, 5.41) is 4.42. The lowest BCUT2D eigenvalue weighted by atomic mass is 9.85. The van der Waals surface area contributed by atoms with E-state index in [-0.39, 0.29) is 11.6 Å². The molecule has 106 valence electrons. The van der Waals surface area contributed by atoms with Gasteiger partial charge in [-0.2, -0.15) is 5.10 Å². The first-order valence-electron chi connectivity index (χ1n) is 6.85. The molecule has 0 fully saturated rings. The molecule has 0 aliphatic heterocycles. The molecule has 1 aliphatic carbocycles. The molecule has 0 saturated carbocycles. The van der Waals surface area contributed by atoms with Gasteiger partial charge in [-0.05, 0) is 50.8 Å². The Kier molecular flexibility index (Phi) is 3.30. The van der Waals surface area contributed by atoms with Crippen molar-refractivity contribution < 1.29 is 8.78 Å². The first-order chi connectivity index (χ1) is 9.61. The lowest BCUT2D eigenvalue weighted by Crippen LogP contribution is -2.19. The van der Waals surface area contributed by atoms with Gasteiger partial charge in [-0.15, -0.1) is 0 Å². The summed E-state index contributed by atoms with van der Waals surface area (Å²) in [7, 11) is 0. The minimum absolute atomic E-state index is 0.173. The zero-order valence-corrected chi connectivity index (χ0v) is 11.4. The van der Waals surface area contributed by atoms with Gasteiger partial charge in [-0.3, -0.25) is 0 Å². The van der Waals surface area contributed by atoms with E-state index in [0.29, 0.717) is 6.54 Å². The van der Waals surface area contributed by atoms with Crippen molar-refractivity contribution in [2.45, 2.75) is 32.1 Å². The summed E-state index contributed by atoms with van der Waals surface area (Å²) in [6, 6.07) is 3.44. The molecule has 1 aromatic carbocycles. The Hall–Kier alpha value is -1.75. The number of nitrogens with zero attached hydrogens (tertiary/aromatic N) is 2. The molecule has 0 saturated heterocycles. The molecule has 1 aliphatic rings. The highest BCUT2D eigenvalue weighted by Crippen LogP contribution is 2.34. The second-order valence-electron chi connectivity index (χ2n) is 5.28. The Labute approximate surface area is 116 Å². The van der Waals surface area contributed by atoms with Gasteiger partial charge < -0.3 is 5.73 Å². The van der Waals surface area contributed by atoms with Gasteiger partial charge >= 0.3 is 0 Å². The van der Waals surface area contributed by atoms with Crippen molar-refractivity contribution in [2.75, 3.05) is 6.54 Å². The summed E-state index contributed by atoms with van der Waals surface area (Å²) in [4.78, 5) is 0. The van der Waals surface area contributed by atoms with Gasteiger partial charge in [0.1, 0.15) is 17.3 Å². The second-order valence-corrected chi connectivity index (χ2v) is 5.28. The van der Waals surface area contributed by atoms with Crippen molar-refractivity contribution in [3.05, 3.63) is 46.8 Å². The standard InChI is InChI=1S/C15H17F2N3/c1-9-15-10(8-18)3-2-4-13(15)20(19-9)14-7-11(16)5-6-12(14)17/h5-7,10H,2-4,8,18H2,1H3. The highest BCUT2D eigenvalue weighted by molar-refractivity contribution is 5.41. The summed E-state index contributed by atoms with van der Waals surface area (Å²) in [5.74, 6) is -0.662. The molecule has 3 rings (SSSR count). The van der Waals surface area contributed by atoms with Crippen molar-refractivity contribution >= 4 is 0 Å². The highest BCUT2D eigenvalue weighted by atomic mass is 19.1. The summed E-state index contributed by atoms with van der Waals surface area (Å²) >= 11 is 0. The zero-order valence-electron chi connectivity index (χ0n) is 11.4. The van der Waals surface area contributed by atoms with Crippen LogP contribution in [0.1, 0.15) is 35.7 Å². The number of benzene rings is 1. The first kappa shape index (κ1) is 13.2. The first-order valence-corrected chi connectivity index (χ1v) is 6.85. The predicted molar refractivity (Wildman–Crippen MR) is 73.0 cm³/mol. The van der Waals surface area contributed by atoms with Gasteiger partial charge in [-0.1, -0.05) is 0 Å². The summed E-state index contributed by atoms with van der Waals surface area (Å²) in [6.07, 6.45) is 2.85. The Morgan fingerprint density at radius 1 is 1.40 bits per heavy atom. The van der Waals surface area contributed by atoms with Crippen LogP contribution in [0.4, 0.5) is 8.78 Å². The van der Waals surface area contributed by atoms with Crippen LogP contribution >= 0.6 is 0 Å². The number of hydrogen-bond donors (Lipinski definition) is 1. The largest absolute Gasteiger partial charge is 0.330 e. The van der Waals surface area contributed by atoms with Crippen LogP contribution in [0.15, 0.2) is 18.2 Å². The molecule has 2 N–H and O–H groups in total. The molecule has 1 heterocycles. The van der Waals surface area contributed by atoms with Crippen molar-refractivity contribution in [1.82, 2.24) is 9.78 Å². The number of halogens is 2. The number of hydrogen-bond acceptors (Lipinski definition) is 2. The number of rotatable bonds is 2. The average Bonchev–Trinajstić information content (AvgIpc) is 2.79. The monoisotopic (exact) mass is 277 g/mol. The van der Waals surface area contributed by atoms with Crippen molar-refractivity contribution in [1.29, 1.82) is 0 Å². The molecule has 0 spiro atoms. The highest BCUT2D eigenvalue weighted by Gasteiger charge is 2.27. The number of fused-ring (bicyclic) bond motifs is 1. The lowest BCUT2D eigenvalue weighted by Gasteiger charge is -2.22. The van der Waals surface area contributed by atoms with Crippen molar-refractivity contribution in [3.63, 3.8) is 0 Å². The van der Waals surface area contributed by atoms with E-state index in [4.69, 9.17) is 5.73 Å². The third kappa shape index (κ3) is 2.02. The number of aromatic nitrogens is 2. The molecule has 0 bridgehead atoms. The predicted octanol–water partition coefficient (Wildman–Crippen LogP) is 2.84. The van der Waals surface area contributed by atoms with E-state index in [9.17, 15) is 8.78 Å². The lowest BCUT2D eigenvalue weighted by molar-refractivity contribution is 0.541. The molecule has 0 amide bonds. The van der Waals surface area contributed by atoms with Gasteiger partial charge in [0.15, 0.2) is 0 Å². The van der Waals surface area contributed by atoms with Crippen LogP contribution in [0, 0.1) is 18.6 Å². The minimum Gasteiger partial charge on any atom is -0.330 e. The smallest absolute Gasteiger partial charge is 0.149 e. The Balaban J connectivity index is 2.19. The molecular weight excluding hydrogens is 260 g/mol. The van der Waals surface area contributed by atoms with Gasteiger partial charge in [0.2, 0.25) is 0 Å². The molecule has 20 heavy (non-hydrogen) atoms. The maximum Gasteiger partial charge on any atom is 0.149 e. The maximum atomic E-state index is 14.0. The van der Waals surface area contributed by atoms with Gasteiger partial charge in [0, 0.05) is 17.3 Å². The van der Waals surface area contributed by atoms with Crippen LogP contribution in [0.25, 0.3) is 5.69 Å². The third-order valence-electron chi connectivity index (χ3n) is 4.00. The van der Waals surface area contributed by atoms with Crippen LogP contribution in [-0.4, -0.2) is 16.3 Å². The average molecular weight is 277 g/mol. The Morgan fingerprint density at radius 3 is 2.95 bits per heavy atom. The maximum absolute atomic E-state index is 14.0. The van der Waals surface area contributed by atoms with E-state index in [1.54, 1.807) is 4.68 Å². The van der Waals surface area contributed by atoms with Crippen LogP contribution in [-0.2, 0) is 6.42 Å². The van der Waals surface area contributed by atoms with Crippen molar-refractivity contribution in [3.8, 4) is 5.69 Å². The Bertz CT molecular complexity index is 649. The van der Waals surface area contributed by atoms with Crippen LogP contribution in [0.2, 0.25) is 0 Å². The molecule has 0 radical (unpaired) electrons. The molecule has 2 aromatic rings. The molecule has 1 unspecified atom stereocenters. The van der Waals surface area contributed by atoms with E-state index >= 15 is 0 Å². The molecular formula is C15H17F2N3. The summed E-state index contributed by atoms with van der Waals surface area (Å²) in [5.41, 5.74) is 8.93. The fourth-order valence-corrected chi connectivity index (χ4v) is 3.10. The topological polar surface area (TPSA) is 43.8 Å². The second kappa shape index (κ2) is 4.98. The van der Waals surface area contributed by atoms with Gasteiger partial charge in [0.05, 0.1) is 5.69 Å². The molecule has 3 nitrogen and oxygen atoms in total. The van der Waals surface area contributed by atoms with E-state index < -0.39 is 11.6 Å². The zero-order chi connectivity index (χ0) is 14.3. The fourth-order valence-electron chi connectivity index (χ4n) is 3.10. The van der Waals surface area contributed by atoms with Gasteiger partial charge in [-0.25, -0.2) is 13.5 Å². The molecule has 5 heteroatoms. The van der Waals surface area contributed by atoms with Crippen LogP contribution in [0.3, 0.4) is 0 Å². The van der Waals surface area contributed by atoms with E-state index in [1.807, 2.05) is 6.92 Å². The SMILES string of the molecule is Cc1nn(-c2cc(F)ccc2F)c2c1C(CN)CCC2. The third-order valence-corrected chi connectivity index (χ3v) is 4.00. The van der Waals surface area contributed by atoms with E-state index in [0.717, 1.165) is 48.3 Å². The van der Waals surface area contributed by atoms with E-state index in [1.165, 1.54) is 6.07 Å². The quantitative estimate of drug-likeness (QED) is 0.917. The number of nitrogens with two attached hydrogens (primary N) is 1. The van der Waals surface area contributed by atoms with Crippen LogP contribution < -0.4 is 5.73 Å². The Morgan fingerprint density at radius 2 is 2.20 bits per heavy atom. The van der Waals surface area contributed by atoms with Crippen LogP contribution in [0.5, 0.6) is 0 Å². The summed E-state index contributed by atoms with van der Waals surface area (Å²) in [6.45, 7) is 2.46. The molecule has 1 atom stereocenters. The van der Waals surface area contributed by atoms with Crippen molar-refractivity contribution in [2.24, 2.45) is 5.73 Å². The fraction of sp³-hybridized carbons (Fsp3) is 0.400.